The first-order chi connectivity index (χ1) is 9.76. The zero-order valence-electron chi connectivity index (χ0n) is 12.9. The molecule has 0 N–H and O–H groups in total. The fourth-order valence-electron chi connectivity index (χ4n) is 2.54. The van der Waals surface area contributed by atoms with Crippen molar-refractivity contribution in [2.24, 2.45) is 0 Å². The van der Waals surface area contributed by atoms with Crippen LogP contribution in [0.1, 0.15) is 51.2 Å². The fourth-order valence-corrected chi connectivity index (χ4v) is 4.22. The van der Waals surface area contributed by atoms with Gasteiger partial charge in [0.15, 0.2) is 0 Å². The number of sulfonamides is 1. The Hall–Kier alpha value is -1.38. The number of piperidine rings is 1. The van der Waals surface area contributed by atoms with E-state index in [1.54, 1.807) is 12.1 Å². The zero-order chi connectivity index (χ0) is 15.7. The van der Waals surface area contributed by atoms with Gasteiger partial charge in [0.25, 0.3) is 0 Å². The number of rotatable bonds is 2. The van der Waals surface area contributed by atoms with Gasteiger partial charge in [-0.1, -0.05) is 33.3 Å². The predicted molar refractivity (Wildman–Crippen MR) is 82.5 cm³/mol. The molecule has 0 aromatic heterocycles. The average molecular weight is 306 g/mol. The largest absolute Gasteiger partial charge is 0.244 e. The van der Waals surface area contributed by atoms with Gasteiger partial charge in [-0.3, -0.25) is 0 Å². The summed E-state index contributed by atoms with van der Waals surface area (Å²) in [5, 5.41) is 9.24. The maximum Gasteiger partial charge on any atom is 0.244 e. The third kappa shape index (κ3) is 3.28. The minimum Gasteiger partial charge on any atom is -0.207 e. The Morgan fingerprint density at radius 1 is 1.14 bits per heavy atom. The third-order valence-electron chi connectivity index (χ3n) is 3.90. The quantitative estimate of drug-likeness (QED) is 0.843. The van der Waals surface area contributed by atoms with E-state index in [9.17, 15) is 13.7 Å². The first-order valence-corrected chi connectivity index (χ1v) is 8.75. The molecule has 1 heterocycles. The van der Waals surface area contributed by atoms with Crippen molar-refractivity contribution < 1.29 is 8.42 Å². The summed E-state index contributed by atoms with van der Waals surface area (Å²) in [4.78, 5) is 0.152. The van der Waals surface area contributed by atoms with Gasteiger partial charge in [0.05, 0.1) is 5.56 Å². The molecule has 5 heteroatoms. The lowest BCUT2D eigenvalue weighted by atomic mass is 9.87. The van der Waals surface area contributed by atoms with Crippen LogP contribution in [0.3, 0.4) is 0 Å². The highest BCUT2D eigenvalue weighted by atomic mass is 32.2. The van der Waals surface area contributed by atoms with Crippen molar-refractivity contribution in [3.63, 3.8) is 0 Å². The Balaban J connectivity index is 2.53. The van der Waals surface area contributed by atoms with E-state index in [0.29, 0.717) is 13.1 Å². The molecule has 1 aliphatic rings. The van der Waals surface area contributed by atoms with Gasteiger partial charge >= 0.3 is 0 Å². The topological polar surface area (TPSA) is 61.2 Å². The minimum absolute atomic E-state index is 0.152. The van der Waals surface area contributed by atoms with Crippen molar-refractivity contribution in [3.8, 4) is 6.07 Å². The summed E-state index contributed by atoms with van der Waals surface area (Å²) < 4.78 is 27.2. The number of nitrogens with zero attached hydrogens (tertiary/aromatic N) is 2. The molecule has 4 nitrogen and oxygen atoms in total. The molecule has 1 aliphatic heterocycles. The number of hydrogen-bond acceptors (Lipinski definition) is 3. The molecular formula is C16H22N2O2S. The molecule has 0 amide bonds. The molecule has 114 valence electrons. The smallest absolute Gasteiger partial charge is 0.207 e. The van der Waals surface area contributed by atoms with Crippen molar-refractivity contribution >= 4 is 10.0 Å². The van der Waals surface area contributed by atoms with E-state index in [0.717, 1.165) is 24.8 Å². The first-order valence-electron chi connectivity index (χ1n) is 7.31. The van der Waals surface area contributed by atoms with Gasteiger partial charge in [-0.2, -0.15) is 9.57 Å². The van der Waals surface area contributed by atoms with Crippen molar-refractivity contribution in [1.29, 1.82) is 5.26 Å². The SMILES string of the molecule is CC(C)(C)c1ccc(C#N)c(S(=O)(=O)N2CCCCC2)c1. The highest BCUT2D eigenvalue weighted by Crippen LogP contribution is 2.29. The summed E-state index contributed by atoms with van der Waals surface area (Å²) in [6.45, 7) is 7.20. The van der Waals surface area contributed by atoms with Gasteiger partial charge in [-0.25, -0.2) is 8.42 Å². The molecule has 0 bridgehead atoms. The van der Waals surface area contributed by atoms with Crippen LogP contribution in [-0.2, 0) is 15.4 Å². The Bertz CT molecular complexity index is 660. The maximum atomic E-state index is 12.8. The van der Waals surface area contributed by atoms with Crippen LogP contribution in [-0.4, -0.2) is 25.8 Å². The molecule has 21 heavy (non-hydrogen) atoms. The molecule has 1 saturated heterocycles. The van der Waals surface area contributed by atoms with Crippen molar-refractivity contribution in [2.45, 2.75) is 50.3 Å². The van der Waals surface area contributed by atoms with E-state index in [1.165, 1.54) is 4.31 Å². The van der Waals surface area contributed by atoms with E-state index >= 15 is 0 Å². The van der Waals surface area contributed by atoms with Crippen LogP contribution in [0.2, 0.25) is 0 Å². The van der Waals surface area contributed by atoms with Gasteiger partial charge in [0, 0.05) is 13.1 Å². The zero-order valence-corrected chi connectivity index (χ0v) is 13.7. The normalized spacial score (nSPS) is 17.4. The predicted octanol–water partition coefficient (Wildman–Crippen LogP) is 3.03. The molecule has 0 saturated carbocycles. The van der Waals surface area contributed by atoms with Crippen molar-refractivity contribution in [2.75, 3.05) is 13.1 Å². The lowest BCUT2D eigenvalue weighted by Gasteiger charge is -2.27. The molecule has 0 radical (unpaired) electrons. The lowest BCUT2D eigenvalue weighted by molar-refractivity contribution is 0.346. The minimum atomic E-state index is -3.58. The van der Waals surface area contributed by atoms with Gasteiger partial charge in [0.2, 0.25) is 10.0 Å². The monoisotopic (exact) mass is 306 g/mol. The molecule has 0 atom stereocenters. The van der Waals surface area contributed by atoms with E-state index in [1.807, 2.05) is 32.9 Å². The summed E-state index contributed by atoms with van der Waals surface area (Å²) in [5.41, 5.74) is 1.01. The molecule has 0 spiro atoms. The van der Waals surface area contributed by atoms with E-state index in [4.69, 9.17) is 0 Å². The van der Waals surface area contributed by atoms with E-state index in [-0.39, 0.29) is 15.9 Å². The second kappa shape index (κ2) is 5.78. The highest BCUT2D eigenvalue weighted by Gasteiger charge is 2.29. The molecule has 0 unspecified atom stereocenters. The Labute approximate surface area is 127 Å². The molecule has 1 fully saturated rings. The average Bonchev–Trinajstić information content (AvgIpc) is 2.46. The number of nitriles is 1. The molecule has 2 rings (SSSR count). The Kier molecular flexibility index (Phi) is 4.40. The summed E-state index contributed by atoms with van der Waals surface area (Å²) >= 11 is 0. The van der Waals surface area contributed by atoms with Gasteiger partial charge in [-0.15, -0.1) is 0 Å². The van der Waals surface area contributed by atoms with E-state index in [2.05, 4.69) is 0 Å². The maximum absolute atomic E-state index is 12.8. The van der Waals surface area contributed by atoms with Crippen LogP contribution in [0.25, 0.3) is 0 Å². The summed E-state index contributed by atoms with van der Waals surface area (Å²) in [7, 11) is -3.58. The van der Waals surface area contributed by atoms with Crippen LogP contribution in [0.5, 0.6) is 0 Å². The standard InChI is InChI=1S/C16H22N2O2S/c1-16(2,3)14-8-7-13(12-17)15(11-14)21(19,20)18-9-5-4-6-10-18/h7-8,11H,4-6,9-10H2,1-3H3. The summed E-state index contributed by atoms with van der Waals surface area (Å²) in [6, 6.07) is 7.15. The Morgan fingerprint density at radius 2 is 1.76 bits per heavy atom. The summed E-state index contributed by atoms with van der Waals surface area (Å²) in [5.74, 6) is 0. The third-order valence-corrected chi connectivity index (χ3v) is 5.84. The molecule has 0 aliphatic carbocycles. The molecule has 1 aromatic rings. The van der Waals surface area contributed by atoms with Crippen molar-refractivity contribution in [3.05, 3.63) is 29.3 Å². The second-order valence-corrected chi connectivity index (χ2v) is 8.44. The first kappa shape index (κ1) is 16.0. The van der Waals surface area contributed by atoms with Gasteiger partial charge < -0.3 is 0 Å². The highest BCUT2D eigenvalue weighted by molar-refractivity contribution is 7.89. The van der Waals surface area contributed by atoms with Crippen LogP contribution < -0.4 is 0 Å². The van der Waals surface area contributed by atoms with Crippen LogP contribution in [0.4, 0.5) is 0 Å². The van der Waals surface area contributed by atoms with Gasteiger partial charge in [0.1, 0.15) is 11.0 Å². The number of hydrogen-bond donors (Lipinski definition) is 0. The van der Waals surface area contributed by atoms with Gasteiger partial charge in [-0.05, 0) is 36.0 Å². The molecular weight excluding hydrogens is 284 g/mol. The fraction of sp³-hybridized carbons (Fsp3) is 0.562. The van der Waals surface area contributed by atoms with Crippen LogP contribution in [0, 0.1) is 11.3 Å². The van der Waals surface area contributed by atoms with E-state index < -0.39 is 10.0 Å². The van der Waals surface area contributed by atoms with Crippen molar-refractivity contribution in [1.82, 2.24) is 4.31 Å². The number of benzene rings is 1. The summed E-state index contributed by atoms with van der Waals surface area (Å²) in [6.07, 6.45) is 2.85. The Morgan fingerprint density at radius 3 is 2.29 bits per heavy atom. The lowest BCUT2D eigenvalue weighted by Crippen LogP contribution is -2.36. The molecule has 1 aromatic carbocycles. The van der Waals surface area contributed by atoms with Crippen LogP contribution in [0.15, 0.2) is 23.1 Å². The second-order valence-electron chi connectivity index (χ2n) is 6.54. The van der Waals surface area contributed by atoms with Crippen LogP contribution >= 0.6 is 0 Å².